The highest BCUT2D eigenvalue weighted by molar-refractivity contribution is 6.32. The summed E-state index contributed by atoms with van der Waals surface area (Å²) >= 11 is 6.00. The first-order valence-electron chi connectivity index (χ1n) is 6.72. The van der Waals surface area contributed by atoms with Gasteiger partial charge in [-0.2, -0.15) is 0 Å². The molecule has 0 radical (unpaired) electrons. The highest BCUT2D eigenvalue weighted by Crippen LogP contribution is 2.28. The Bertz CT molecular complexity index is 385. The number of hydrogen-bond acceptors (Lipinski definition) is 1. The second-order valence-corrected chi connectivity index (χ2v) is 5.61. The third kappa shape index (κ3) is 3.05. The molecule has 0 heterocycles. The lowest BCUT2D eigenvalue weighted by Crippen LogP contribution is -2.44. The normalized spacial score (nSPS) is 18.3. The van der Waals surface area contributed by atoms with Crippen LogP contribution in [0.3, 0.4) is 0 Å². The van der Waals surface area contributed by atoms with Crippen LogP contribution < -0.4 is 4.90 Å². The van der Waals surface area contributed by atoms with E-state index in [9.17, 15) is 4.79 Å². The van der Waals surface area contributed by atoms with Crippen LogP contribution in [-0.4, -0.2) is 17.3 Å². The maximum absolute atomic E-state index is 12.3. The van der Waals surface area contributed by atoms with E-state index in [-0.39, 0.29) is 5.91 Å². The van der Waals surface area contributed by atoms with Crippen LogP contribution in [0.4, 0.5) is 5.69 Å². The van der Waals surface area contributed by atoms with Gasteiger partial charge in [0.15, 0.2) is 0 Å². The Morgan fingerprint density at radius 3 is 2.39 bits per heavy atom. The molecule has 2 nitrogen and oxygen atoms in total. The Morgan fingerprint density at radius 1 is 1.22 bits per heavy atom. The van der Waals surface area contributed by atoms with E-state index < -0.39 is 5.38 Å². The maximum atomic E-state index is 12.3. The van der Waals surface area contributed by atoms with Crippen LogP contribution in [0.2, 0.25) is 0 Å². The largest absolute Gasteiger partial charge is 0.308 e. The predicted octanol–water partition coefficient (Wildman–Crippen LogP) is 3.98. The van der Waals surface area contributed by atoms with Crippen LogP contribution in [0.1, 0.15) is 39.0 Å². The van der Waals surface area contributed by atoms with Gasteiger partial charge >= 0.3 is 0 Å². The van der Waals surface area contributed by atoms with Gasteiger partial charge in [-0.15, -0.1) is 11.6 Å². The zero-order valence-corrected chi connectivity index (χ0v) is 11.6. The second-order valence-electron chi connectivity index (χ2n) is 4.95. The van der Waals surface area contributed by atoms with E-state index in [0.717, 1.165) is 18.5 Å². The minimum atomic E-state index is -0.466. The summed E-state index contributed by atoms with van der Waals surface area (Å²) < 4.78 is 0. The SMILES string of the molecule is CC(Cl)C(=O)N(c1ccccc1)C1CCCCC1. The second kappa shape index (κ2) is 6.24. The molecule has 0 saturated heterocycles. The first-order chi connectivity index (χ1) is 8.70. The molecule has 98 valence electrons. The fraction of sp³-hybridized carbons (Fsp3) is 0.533. The van der Waals surface area contributed by atoms with Gasteiger partial charge in [0.1, 0.15) is 5.38 Å². The van der Waals surface area contributed by atoms with Crippen LogP contribution in [0.5, 0.6) is 0 Å². The van der Waals surface area contributed by atoms with Crippen LogP contribution >= 0.6 is 11.6 Å². The monoisotopic (exact) mass is 265 g/mol. The van der Waals surface area contributed by atoms with E-state index in [2.05, 4.69) is 0 Å². The van der Waals surface area contributed by atoms with Crippen molar-refractivity contribution in [1.82, 2.24) is 0 Å². The first kappa shape index (κ1) is 13.4. The average molecular weight is 266 g/mol. The Hall–Kier alpha value is -1.02. The Labute approximate surface area is 114 Å². The van der Waals surface area contributed by atoms with E-state index in [0.29, 0.717) is 6.04 Å². The quantitative estimate of drug-likeness (QED) is 0.757. The fourth-order valence-corrected chi connectivity index (χ4v) is 2.74. The number of benzene rings is 1. The van der Waals surface area contributed by atoms with Gasteiger partial charge in [-0.1, -0.05) is 37.5 Å². The van der Waals surface area contributed by atoms with Crippen LogP contribution in [0, 0.1) is 0 Å². The van der Waals surface area contributed by atoms with Gasteiger partial charge in [0, 0.05) is 11.7 Å². The summed E-state index contributed by atoms with van der Waals surface area (Å²) in [7, 11) is 0. The Morgan fingerprint density at radius 2 is 1.83 bits per heavy atom. The van der Waals surface area contributed by atoms with Crippen LogP contribution in [-0.2, 0) is 4.79 Å². The molecule has 0 aromatic heterocycles. The summed E-state index contributed by atoms with van der Waals surface area (Å²) in [6.07, 6.45) is 5.87. The molecule has 1 aliphatic rings. The van der Waals surface area contributed by atoms with Crippen molar-refractivity contribution >= 4 is 23.2 Å². The predicted molar refractivity (Wildman–Crippen MR) is 76.1 cm³/mol. The molecule has 1 atom stereocenters. The van der Waals surface area contributed by atoms with Gasteiger partial charge in [0.25, 0.3) is 0 Å². The van der Waals surface area contributed by atoms with Gasteiger partial charge in [-0.3, -0.25) is 4.79 Å². The summed E-state index contributed by atoms with van der Waals surface area (Å²) in [6, 6.07) is 10.2. The molecule has 1 fully saturated rings. The number of anilines is 1. The molecule has 0 aliphatic heterocycles. The average Bonchev–Trinajstić information content (AvgIpc) is 2.41. The van der Waals surface area contributed by atoms with Crippen molar-refractivity contribution in [3.05, 3.63) is 30.3 Å². The molecule has 0 bridgehead atoms. The van der Waals surface area contributed by atoms with Gasteiger partial charge in [0.05, 0.1) is 0 Å². The van der Waals surface area contributed by atoms with E-state index >= 15 is 0 Å². The van der Waals surface area contributed by atoms with E-state index in [1.807, 2.05) is 35.2 Å². The molecular formula is C15H20ClNO. The molecule has 1 aliphatic carbocycles. The summed E-state index contributed by atoms with van der Waals surface area (Å²) in [5.41, 5.74) is 0.974. The number of nitrogens with zero attached hydrogens (tertiary/aromatic N) is 1. The van der Waals surface area contributed by atoms with E-state index in [1.54, 1.807) is 6.92 Å². The lowest BCUT2D eigenvalue weighted by molar-refractivity contribution is -0.118. The van der Waals surface area contributed by atoms with Gasteiger partial charge in [-0.25, -0.2) is 0 Å². The maximum Gasteiger partial charge on any atom is 0.245 e. The smallest absolute Gasteiger partial charge is 0.245 e. The number of carbonyl (C=O) groups excluding carboxylic acids is 1. The van der Waals surface area contributed by atoms with Crippen molar-refractivity contribution in [3.8, 4) is 0 Å². The molecule has 0 spiro atoms. The van der Waals surface area contributed by atoms with Crippen molar-refractivity contribution in [1.29, 1.82) is 0 Å². The van der Waals surface area contributed by atoms with Crippen molar-refractivity contribution in [3.63, 3.8) is 0 Å². The Kier molecular flexibility index (Phi) is 4.65. The summed E-state index contributed by atoms with van der Waals surface area (Å²) in [5, 5.41) is -0.466. The lowest BCUT2D eigenvalue weighted by Gasteiger charge is -2.35. The molecule has 0 N–H and O–H groups in total. The standard InChI is InChI=1S/C15H20ClNO/c1-12(16)15(18)17(13-8-4-2-5-9-13)14-10-6-3-7-11-14/h2,4-5,8-9,12,14H,3,6-7,10-11H2,1H3. The van der Waals surface area contributed by atoms with Crippen molar-refractivity contribution < 1.29 is 4.79 Å². The molecule has 2 rings (SSSR count). The number of carbonyl (C=O) groups is 1. The third-order valence-corrected chi connectivity index (χ3v) is 3.74. The van der Waals surface area contributed by atoms with Crippen molar-refractivity contribution in [2.45, 2.75) is 50.4 Å². The molecular weight excluding hydrogens is 246 g/mol. The van der Waals surface area contributed by atoms with Crippen LogP contribution in [0.25, 0.3) is 0 Å². The molecule has 1 unspecified atom stereocenters. The minimum absolute atomic E-state index is 0.0229. The first-order valence-corrected chi connectivity index (χ1v) is 7.16. The van der Waals surface area contributed by atoms with Gasteiger partial charge in [0.2, 0.25) is 5.91 Å². The van der Waals surface area contributed by atoms with E-state index in [4.69, 9.17) is 11.6 Å². The molecule has 1 aromatic carbocycles. The molecule has 3 heteroatoms. The van der Waals surface area contributed by atoms with Crippen molar-refractivity contribution in [2.24, 2.45) is 0 Å². The molecule has 1 saturated carbocycles. The summed E-state index contributed by atoms with van der Waals surface area (Å²) in [6.45, 7) is 1.75. The third-order valence-electron chi connectivity index (χ3n) is 3.55. The number of amides is 1. The Balaban J connectivity index is 2.25. The number of hydrogen-bond donors (Lipinski definition) is 0. The minimum Gasteiger partial charge on any atom is -0.308 e. The molecule has 1 aromatic rings. The summed E-state index contributed by atoms with van der Waals surface area (Å²) in [4.78, 5) is 14.3. The highest BCUT2D eigenvalue weighted by atomic mass is 35.5. The summed E-state index contributed by atoms with van der Waals surface area (Å²) in [5.74, 6) is 0.0229. The number of halogens is 1. The highest BCUT2D eigenvalue weighted by Gasteiger charge is 2.28. The van der Waals surface area contributed by atoms with Crippen molar-refractivity contribution in [2.75, 3.05) is 4.90 Å². The number of alkyl halides is 1. The number of rotatable bonds is 3. The van der Waals surface area contributed by atoms with Gasteiger partial charge in [-0.05, 0) is 31.9 Å². The zero-order chi connectivity index (χ0) is 13.0. The molecule has 1 amide bonds. The van der Waals surface area contributed by atoms with E-state index in [1.165, 1.54) is 19.3 Å². The number of para-hydroxylation sites is 1. The zero-order valence-electron chi connectivity index (χ0n) is 10.8. The fourth-order valence-electron chi connectivity index (χ4n) is 2.64. The van der Waals surface area contributed by atoms with Crippen LogP contribution in [0.15, 0.2) is 30.3 Å². The van der Waals surface area contributed by atoms with Gasteiger partial charge < -0.3 is 4.90 Å². The lowest BCUT2D eigenvalue weighted by atomic mass is 9.93. The topological polar surface area (TPSA) is 20.3 Å². The molecule has 18 heavy (non-hydrogen) atoms.